The summed E-state index contributed by atoms with van der Waals surface area (Å²) in [5.74, 6) is 0.198. The van der Waals surface area contributed by atoms with Crippen LogP contribution in [0, 0.1) is 5.82 Å². The molecule has 1 spiro atoms. The third-order valence-corrected chi connectivity index (χ3v) is 5.73. The Morgan fingerprint density at radius 3 is 2.71 bits per heavy atom. The molecule has 2 aromatic rings. The SMILES string of the molecule is Fc1cnc(N2CCOC3(CCN(Cc4cccs4)CC3)C2)nc1. The van der Waals surface area contributed by atoms with Gasteiger partial charge in [0.05, 0.1) is 31.1 Å². The van der Waals surface area contributed by atoms with Crippen molar-refractivity contribution in [3.05, 3.63) is 40.6 Å². The van der Waals surface area contributed by atoms with E-state index < -0.39 is 5.82 Å². The first kappa shape index (κ1) is 15.9. The first-order valence-electron chi connectivity index (χ1n) is 8.34. The van der Waals surface area contributed by atoms with E-state index in [1.165, 1.54) is 17.3 Å². The summed E-state index contributed by atoms with van der Waals surface area (Å²) in [4.78, 5) is 14.3. The molecule has 128 valence electrons. The first-order chi connectivity index (χ1) is 11.7. The fraction of sp³-hybridized carbons (Fsp3) is 0.529. The molecule has 0 unspecified atom stereocenters. The Kier molecular flexibility index (Phi) is 4.47. The number of anilines is 1. The molecule has 7 heteroatoms. The molecular weight excluding hydrogens is 327 g/mol. The number of likely N-dealkylation sites (tertiary alicyclic amines) is 1. The molecule has 0 aliphatic carbocycles. The second-order valence-electron chi connectivity index (χ2n) is 6.51. The smallest absolute Gasteiger partial charge is 0.225 e. The molecule has 4 heterocycles. The van der Waals surface area contributed by atoms with Crippen LogP contribution < -0.4 is 4.90 Å². The number of aromatic nitrogens is 2. The van der Waals surface area contributed by atoms with Gasteiger partial charge in [-0.05, 0) is 24.3 Å². The third kappa shape index (κ3) is 3.43. The average molecular weight is 348 g/mol. The van der Waals surface area contributed by atoms with Gasteiger partial charge in [-0.15, -0.1) is 11.3 Å². The van der Waals surface area contributed by atoms with Crippen molar-refractivity contribution in [2.75, 3.05) is 37.7 Å². The van der Waals surface area contributed by atoms with Crippen molar-refractivity contribution >= 4 is 17.3 Å². The number of hydrogen-bond donors (Lipinski definition) is 0. The lowest BCUT2D eigenvalue weighted by Gasteiger charge is -2.47. The van der Waals surface area contributed by atoms with E-state index in [0.29, 0.717) is 12.6 Å². The summed E-state index contributed by atoms with van der Waals surface area (Å²) in [6.45, 7) is 5.31. The number of ether oxygens (including phenoxy) is 1. The Morgan fingerprint density at radius 2 is 2.00 bits per heavy atom. The van der Waals surface area contributed by atoms with E-state index in [9.17, 15) is 4.39 Å². The number of rotatable bonds is 3. The molecule has 2 aliphatic heterocycles. The number of morpholine rings is 1. The number of hydrogen-bond acceptors (Lipinski definition) is 6. The van der Waals surface area contributed by atoms with Crippen LogP contribution in [0.1, 0.15) is 17.7 Å². The zero-order chi connectivity index (χ0) is 16.4. The Morgan fingerprint density at radius 1 is 1.21 bits per heavy atom. The van der Waals surface area contributed by atoms with Crippen molar-refractivity contribution in [1.82, 2.24) is 14.9 Å². The van der Waals surface area contributed by atoms with E-state index in [-0.39, 0.29) is 5.60 Å². The van der Waals surface area contributed by atoms with Gasteiger partial charge >= 0.3 is 0 Å². The Balaban J connectivity index is 1.38. The van der Waals surface area contributed by atoms with Gasteiger partial charge in [-0.1, -0.05) is 6.07 Å². The van der Waals surface area contributed by atoms with Crippen LogP contribution in [0.15, 0.2) is 29.9 Å². The monoisotopic (exact) mass is 348 g/mol. The van der Waals surface area contributed by atoms with Gasteiger partial charge in [0, 0.05) is 31.1 Å². The van der Waals surface area contributed by atoms with E-state index in [2.05, 4.69) is 37.3 Å². The average Bonchev–Trinajstić information content (AvgIpc) is 3.11. The molecule has 0 saturated carbocycles. The van der Waals surface area contributed by atoms with E-state index in [1.54, 1.807) is 0 Å². The number of thiophene rings is 1. The molecule has 24 heavy (non-hydrogen) atoms. The van der Waals surface area contributed by atoms with Gasteiger partial charge in [0.25, 0.3) is 0 Å². The normalized spacial score (nSPS) is 21.3. The molecule has 2 aliphatic rings. The zero-order valence-electron chi connectivity index (χ0n) is 13.5. The van der Waals surface area contributed by atoms with Gasteiger partial charge in [0.1, 0.15) is 0 Å². The van der Waals surface area contributed by atoms with Crippen molar-refractivity contribution in [3.8, 4) is 0 Å². The Labute approximate surface area is 145 Å². The minimum atomic E-state index is -0.399. The summed E-state index contributed by atoms with van der Waals surface area (Å²) in [5.41, 5.74) is -0.123. The van der Waals surface area contributed by atoms with Gasteiger partial charge in [0.15, 0.2) is 5.82 Å². The van der Waals surface area contributed by atoms with Gasteiger partial charge in [0.2, 0.25) is 5.95 Å². The summed E-state index contributed by atoms with van der Waals surface area (Å²) in [7, 11) is 0. The maximum atomic E-state index is 13.0. The standard InChI is InChI=1S/C17H21FN4OS/c18-14-10-19-16(20-11-14)22-7-8-23-17(13-22)3-5-21(6-4-17)12-15-2-1-9-24-15/h1-2,9-11H,3-8,12-13H2. The molecular formula is C17H21FN4OS. The molecule has 2 saturated heterocycles. The van der Waals surface area contributed by atoms with Crippen molar-refractivity contribution in [1.29, 1.82) is 0 Å². The van der Waals surface area contributed by atoms with Gasteiger partial charge in [-0.2, -0.15) is 0 Å². The number of nitrogens with zero attached hydrogens (tertiary/aromatic N) is 4. The summed E-state index contributed by atoms with van der Waals surface area (Å²) in [5, 5.41) is 2.13. The van der Waals surface area contributed by atoms with Crippen LogP contribution in [0.4, 0.5) is 10.3 Å². The van der Waals surface area contributed by atoms with Crippen molar-refractivity contribution in [3.63, 3.8) is 0 Å². The van der Waals surface area contributed by atoms with Crippen molar-refractivity contribution < 1.29 is 9.13 Å². The van der Waals surface area contributed by atoms with Crippen molar-refractivity contribution in [2.24, 2.45) is 0 Å². The fourth-order valence-electron chi connectivity index (χ4n) is 3.53. The quantitative estimate of drug-likeness (QED) is 0.853. The van der Waals surface area contributed by atoms with E-state index in [1.807, 2.05) is 11.3 Å². The second kappa shape index (κ2) is 6.74. The lowest BCUT2D eigenvalue weighted by molar-refractivity contribution is -0.0923. The highest BCUT2D eigenvalue weighted by molar-refractivity contribution is 7.09. The highest BCUT2D eigenvalue weighted by Crippen LogP contribution is 2.32. The van der Waals surface area contributed by atoms with Crippen LogP contribution in [0.5, 0.6) is 0 Å². The third-order valence-electron chi connectivity index (χ3n) is 4.86. The summed E-state index contributed by atoms with van der Waals surface area (Å²) in [6, 6.07) is 4.30. The molecule has 5 nitrogen and oxygen atoms in total. The first-order valence-corrected chi connectivity index (χ1v) is 9.22. The maximum absolute atomic E-state index is 13.0. The summed E-state index contributed by atoms with van der Waals surface area (Å²) >= 11 is 1.81. The molecule has 0 aromatic carbocycles. The van der Waals surface area contributed by atoms with Gasteiger partial charge < -0.3 is 9.64 Å². The van der Waals surface area contributed by atoms with Crippen molar-refractivity contribution in [2.45, 2.75) is 25.0 Å². The molecule has 2 fully saturated rings. The predicted molar refractivity (Wildman–Crippen MR) is 91.7 cm³/mol. The number of piperidine rings is 1. The fourth-order valence-corrected chi connectivity index (χ4v) is 4.27. The van der Waals surface area contributed by atoms with E-state index in [0.717, 1.165) is 45.6 Å². The zero-order valence-corrected chi connectivity index (χ0v) is 14.3. The second-order valence-corrected chi connectivity index (χ2v) is 7.54. The maximum Gasteiger partial charge on any atom is 0.225 e. The molecule has 2 aromatic heterocycles. The van der Waals surface area contributed by atoms with Gasteiger partial charge in [-0.25, -0.2) is 14.4 Å². The van der Waals surface area contributed by atoms with Crippen LogP contribution in [-0.2, 0) is 11.3 Å². The van der Waals surface area contributed by atoms with Crippen LogP contribution in [0.25, 0.3) is 0 Å². The van der Waals surface area contributed by atoms with Gasteiger partial charge in [-0.3, -0.25) is 4.90 Å². The molecule has 0 atom stereocenters. The van der Waals surface area contributed by atoms with E-state index in [4.69, 9.17) is 4.74 Å². The lowest BCUT2D eigenvalue weighted by atomic mass is 9.89. The minimum Gasteiger partial charge on any atom is -0.371 e. The topological polar surface area (TPSA) is 41.5 Å². The molecule has 4 rings (SSSR count). The predicted octanol–water partition coefficient (Wildman–Crippen LogP) is 2.55. The summed E-state index contributed by atoms with van der Waals surface area (Å²) in [6.07, 6.45) is 4.48. The van der Waals surface area contributed by atoms with Crippen LogP contribution in [-0.4, -0.2) is 53.3 Å². The molecule has 0 bridgehead atoms. The Bertz CT molecular complexity index is 656. The highest BCUT2D eigenvalue weighted by Gasteiger charge is 2.40. The summed E-state index contributed by atoms with van der Waals surface area (Å²) < 4.78 is 19.2. The highest BCUT2D eigenvalue weighted by atomic mass is 32.1. The largest absolute Gasteiger partial charge is 0.371 e. The minimum absolute atomic E-state index is 0.123. The van der Waals surface area contributed by atoms with E-state index >= 15 is 0 Å². The van der Waals surface area contributed by atoms with Crippen LogP contribution in [0.2, 0.25) is 0 Å². The lowest BCUT2D eigenvalue weighted by Crippen LogP contribution is -2.57. The Hall–Kier alpha value is -1.57. The van der Waals surface area contributed by atoms with Crippen LogP contribution >= 0.6 is 11.3 Å². The molecule has 0 radical (unpaired) electrons. The number of halogens is 1. The molecule has 0 N–H and O–H groups in total. The van der Waals surface area contributed by atoms with Crippen LogP contribution in [0.3, 0.4) is 0 Å². The molecule has 0 amide bonds.